The first-order chi connectivity index (χ1) is 45.7. The first kappa shape index (κ1) is 88.4. The number of nitrogens with one attached hydrogen (secondary N) is 1. The summed E-state index contributed by atoms with van der Waals surface area (Å²) in [4.78, 5) is 26.8. The number of rotatable bonds is 70. The van der Waals surface area contributed by atoms with Crippen LogP contribution in [0.25, 0.3) is 0 Å². The molecule has 11 nitrogen and oxygen atoms in total. The number of esters is 1. The second-order valence-electron chi connectivity index (χ2n) is 27.8. The minimum atomic E-state index is -1.62. The van der Waals surface area contributed by atoms with Crippen LogP contribution in [0.1, 0.15) is 387 Å². The van der Waals surface area contributed by atoms with Crippen LogP contribution < -0.4 is 5.32 Å². The standard InChI is InChI=1S/C82H151NO10/c1-4-7-10-13-16-19-22-25-27-29-31-33-35-37-39-40-42-44-46-48-51-54-57-60-63-66-69-75(86)81(90)83-73(74(85)68-65-62-59-56-53-50-24-21-18-15-12-9-6-3)72-91-82-80(79(89)78(88)76(71-84)92-82)93-77(87)70-67-64-61-58-55-52-49-47-45-43-41-38-36-34-32-30-28-26-23-20-17-14-11-8-5-2/h17,20,25-28,32,34,65,68,73-76,78-80,82,84-86,88-89H,4-16,18-19,21-24,29-31,33,35-64,66-67,69-72H2,1-3H3,(H,83,90)/b20-17-,27-25+,28-26-,34-32-,68-65+. The van der Waals surface area contributed by atoms with Crippen LogP contribution in [0.3, 0.4) is 0 Å². The van der Waals surface area contributed by atoms with E-state index in [0.29, 0.717) is 19.3 Å². The predicted octanol–water partition coefficient (Wildman–Crippen LogP) is 21.6. The van der Waals surface area contributed by atoms with Crippen LogP contribution in [0.15, 0.2) is 60.8 Å². The third-order valence-corrected chi connectivity index (χ3v) is 18.9. The Morgan fingerprint density at radius 3 is 1.14 bits per heavy atom. The Labute approximate surface area is 573 Å². The van der Waals surface area contributed by atoms with Crippen LogP contribution in [0, 0.1) is 0 Å². The Kier molecular flexibility index (Phi) is 65.8. The highest BCUT2D eigenvalue weighted by Crippen LogP contribution is 2.27. The highest BCUT2D eigenvalue weighted by atomic mass is 16.7. The summed E-state index contributed by atoms with van der Waals surface area (Å²) in [7, 11) is 0. The van der Waals surface area contributed by atoms with Crippen molar-refractivity contribution in [3.8, 4) is 0 Å². The van der Waals surface area contributed by atoms with E-state index >= 15 is 0 Å². The van der Waals surface area contributed by atoms with Crippen molar-refractivity contribution in [3.63, 3.8) is 0 Å². The number of ether oxygens (including phenoxy) is 3. The van der Waals surface area contributed by atoms with E-state index < -0.39 is 67.4 Å². The molecule has 1 rings (SSSR count). The monoisotopic (exact) mass is 1310 g/mol. The van der Waals surface area contributed by atoms with Crippen molar-refractivity contribution in [1.29, 1.82) is 0 Å². The quantitative estimate of drug-likeness (QED) is 0.0195. The minimum Gasteiger partial charge on any atom is -0.454 e. The molecule has 8 atom stereocenters. The topological polar surface area (TPSA) is 175 Å². The largest absolute Gasteiger partial charge is 0.454 e. The van der Waals surface area contributed by atoms with Crippen molar-refractivity contribution in [3.05, 3.63) is 60.8 Å². The molecule has 0 saturated carbocycles. The van der Waals surface area contributed by atoms with Gasteiger partial charge in [0.25, 0.3) is 0 Å². The van der Waals surface area contributed by atoms with Crippen molar-refractivity contribution in [1.82, 2.24) is 5.32 Å². The Hall–Kier alpha value is -2.64. The number of aliphatic hydroxyl groups is 5. The van der Waals surface area contributed by atoms with E-state index in [2.05, 4.69) is 74.7 Å². The van der Waals surface area contributed by atoms with Gasteiger partial charge in [0, 0.05) is 6.42 Å². The molecule has 8 unspecified atom stereocenters. The molecular formula is C82H151NO10. The number of unbranched alkanes of at least 4 members (excludes halogenated alkanes) is 48. The Balaban J connectivity index is 2.51. The highest BCUT2D eigenvalue weighted by Gasteiger charge is 2.47. The van der Waals surface area contributed by atoms with Crippen molar-refractivity contribution in [2.45, 2.75) is 436 Å². The first-order valence-electron chi connectivity index (χ1n) is 40.1. The Morgan fingerprint density at radius 1 is 0.419 bits per heavy atom. The maximum atomic E-state index is 13.5. The van der Waals surface area contributed by atoms with Gasteiger partial charge >= 0.3 is 5.97 Å². The molecule has 0 aliphatic carbocycles. The summed E-state index contributed by atoms with van der Waals surface area (Å²) in [5.41, 5.74) is 0. The molecule has 1 aliphatic rings. The van der Waals surface area contributed by atoms with Crippen molar-refractivity contribution >= 4 is 11.9 Å². The molecule has 1 fully saturated rings. The molecule has 1 heterocycles. The van der Waals surface area contributed by atoms with Crippen LogP contribution in [0.4, 0.5) is 0 Å². The van der Waals surface area contributed by atoms with E-state index in [-0.39, 0.29) is 13.0 Å². The molecule has 1 amide bonds. The molecule has 1 saturated heterocycles. The van der Waals surface area contributed by atoms with Crippen molar-refractivity contribution < 1.29 is 49.3 Å². The molecule has 0 aromatic heterocycles. The van der Waals surface area contributed by atoms with Crippen LogP contribution in [-0.4, -0.2) is 99.6 Å². The van der Waals surface area contributed by atoms with Gasteiger partial charge in [-0.2, -0.15) is 0 Å². The van der Waals surface area contributed by atoms with Crippen molar-refractivity contribution in [2.75, 3.05) is 13.2 Å². The second kappa shape index (κ2) is 69.3. The lowest BCUT2D eigenvalue weighted by molar-refractivity contribution is -0.305. The maximum absolute atomic E-state index is 13.5. The number of hydrogen-bond acceptors (Lipinski definition) is 10. The van der Waals surface area contributed by atoms with Gasteiger partial charge in [0.15, 0.2) is 12.4 Å². The van der Waals surface area contributed by atoms with E-state index in [4.69, 9.17) is 14.2 Å². The summed E-state index contributed by atoms with van der Waals surface area (Å²) in [5, 5.41) is 57.5. The summed E-state index contributed by atoms with van der Waals surface area (Å²) in [6, 6.07) is -1.03. The van der Waals surface area contributed by atoms with Gasteiger partial charge in [-0.15, -0.1) is 0 Å². The SMILES string of the molecule is CCCCC/C=C\C/C=C\C/C=C\CCCCCCCCCCCCCCC(=O)OC1C(OCC(NC(=O)C(O)CCCCCCCCCCCCCCCCCC/C=C/CCCCCCCC)C(O)/C=C/CCCCCCCCCCCCC)OC(CO)C(O)C1O. The van der Waals surface area contributed by atoms with Crippen LogP contribution >= 0.6 is 0 Å². The maximum Gasteiger partial charge on any atom is 0.306 e. The van der Waals surface area contributed by atoms with Gasteiger partial charge in [0.05, 0.1) is 25.4 Å². The van der Waals surface area contributed by atoms with E-state index in [1.807, 2.05) is 6.08 Å². The number of amides is 1. The van der Waals surface area contributed by atoms with Crippen molar-refractivity contribution in [2.24, 2.45) is 0 Å². The summed E-state index contributed by atoms with van der Waals surface area (Å²) in [6.07, 6.45) is 79.8. The van der Waals surface area contributed by atoms with Crippen LogP contribution in [-0.2, 0) is 23.8 Å². The Bertz CT molecular complexity index is 1750. The van der Waals surface area contributed by atoms with Crippen LogP contribution in [0.2, 0.25) is 0 Å². The number of carbonyl (C=O) groups excluding carboxylic acids is 2. The minimum absolute atomic E-state index is 0.122. The molecule has 0 radical (unpaired) electrons. The van der Waals surface area contributed by atoms with Gasteiger partial charge in [-0.05, 0) is 89.9 Å². The molecule has 11 heteroatoms. The fourth-order valence-corrected chi connectivity index (χ4v) is 12.6. The molecule has 0 aromatic rings. The summed E-state index contributed by atoms with van der Waals surface area (Å²) in [5.74, 6) is -1.18. The van der Waals surface area contributed by atoms with E-state index in [1.165, 1.54) is 270 Å². The summed E-state index contributed by atoms with van der Waals surface area (Å²) >= 11 is 0. The number of hydrogen-bond donors (Lipinski definition) is 6. The molecule has 0 aromatic carbocycles. The van der Waals surface area contributed by atoms with Crippen LogP contribution in [0.5, 0.6) is 0 Å². The zero-order valence-corrected chi connectivity index (χ0v) is 60.9. The third kappa shape index (κ3) is 56.0. The Morgan fingerprint density at radius 2 is 0.742 bits per heavy atom. The zero-order chi connectivity index (χ0) is 67.4. The highest BCUT2D eigenvalue weighted by molar-refractivity contribution is 5.80. The third-order valence-electron chi connectivity index (χ3n) is 18.9. The number of allylic oxidation sites excluding steroid dienone is 9. The lowest BCUT2D eigenvalue weighted by Crippen LogP contribution is -2.61. The predicted molar refractivity (Wildman–Crippen MR) is 393 cm³/mol. The summed E-state index contributed by atoms with van der Waals surface area (Å²) in [6.45, 7) is 5.83. The molecule has 0 spiro atoms. The molecule has 6 N–H and O–H groups in total. The molecular weight excluding hydrogens is 1160 g/mol. The lowest BCUT2D eigenvalue weighted by atomic mass is 9.99. The first-order valence-corrected chi connectivity index (χ1v) is 40.1. The molecule has 544 valence electrons. The molecule has 1 aliphatic heterocycles. The number of carbonyl (C=O) groups is 2. The smallest absolute Gasteiger partial charge is 0.306 e. The molecule has 0 bridgehead atoms. The van der Waals surface area contributed by atoms with Gasteiger partial charge < -0.3 is 45.1 Å². The van der Waals surface area contributed by atoms with Gasteiger partial charge in [-0.1, -0.05) is 351 Å². The fourth-order valence-electron chi connectivity index (χ4n) is 12.6. The van der Waals surface area contributed by atoms with Gasteiger partial charge in [0.1, 0.15) is 24.4 Å². The fraction of sp³-hybridized carbons (Fsp3) is 0.854. The average Bonchev–Trinajstić information content (AvgIpc) is 0.843. The zero-order valence-electron chi connectivity index (χ0n) is 60.9. The number of aliphatic hydroxyl groups excluding tert-OH is 5. The van der Waals surface area contributed by atoms with Gasteiger partial charge in [-0.3, -0.25) is 9.59 Å². The van der Waals surface area contributed by atoms with Gasteiger partial charge in [-0.25, -0.2) is 0 Å². The van der Waals surface area contributed by atoms with E-state index in [9.17, 15) is 35.1 Å². The second-order valence-corrected chi connectivity index (χ2v) is 27.8. The lowest BCUT2D eigenvalue weighted by Gasteiger charge is -2.41. The van der Waals surface area contributed by atoms with E-state index in [1.54, 1.807) is 6.08 Å². The van der Waals surface area contributed by atoms with E-state index in [0.717, 1.165) is 70.6 Å². The summed E-state index contributed by atoms with van der Waals surface area (Å²) < 4.78 is 17.8. The van der Waals surface area contributed by atoms with Gasteiger partial charge in [0.2, 0.25) is 5.91 Å². The average molecular weight is 1310 g/mol. The normalized spacial score (nSPS) is 18.1. The molecule has 93 heavy (non-hydrogen) atoms.